The molecule has 0 aliphatic carbocycles. The highest BCUT2D eigenvalue weighted by molar-refractivity contribution is 4.70. The highest BCUT2D eigenvalue weighted by atomic mass is 14.3. The second-order valence-electron chi connectivity index (χ2n) is 5.53. The van der Waals surface area contributed by atoms with Crippen molar-refractivity contribution in [3.8, 4) is 0 Å². The first-order chi connectivity index (χ1) is 7.06. The molecule has 0 heteroatoms. The highest BCUT2D eigenvalue weighted by Gasteiger charge is 2.20. The number of hydrogen-bond donors (Lipinski definition) is 0. The van der Waals surface area contributed by atoms with Gasteiger partial charge in [0.15, 0.2) is 0 Å². The van der Waals surface area contributed by atoms with E-state index in [9.17, 15) is 0 Å². The fourth-order valence-corrected chi connectivity index (χ4v) is 2.60. The Kier molecular flexibility index (Phi) is 8.19. The molecule has 0 saturated carbocycles. The van der Waals surface area contributed by atoms with Gasteiger partial charge in [-0.25, -0.2) is 0 Å². The van der Waals surface area contributed by atoms with Crippen molar-refractivity contribution in [1.29, 1.82) is 0 Å². The second-order valence-corrected chi connectivity index (χ2v) is 5.53. The quantitative estimate of drug-likeness (QED) is 0.497. The molecule has 0 aromatic carbocycles. The minimum absolute atomic E-state index is 0.896. The van der Waals surface area contributed by atoms with Crippen molar-refractivity contribution >= 4 is 0 Å². The maximum atomic E-state index is 2.45. The van der Waals surface area contributed by atoms with Gasteiger partial charge < -0.3 is 0 Å². The van der Waals surface area contributed by atoms with Gasteiger partial charge in [-0.3, -0.25) is 0 Å². The van der Waals surface area contributed by atoms with E-state index in [2.05, 4.69) is 41.5 Å². The Labute approximate surface area is 97.8 Å². The maximum absolute atomic E-state index is 2.45. The highest BCUT2D eigenvalue weighted by Crippen LogP contribution is 2.30. The monoisotopic (exact) mass is 212 g/mol. The Balaban J connectivity index is 4.07. The Hall–Kier alpha value is 0. The third-order valence-corrected chi connectivity index (χ3v) is 4.36. The van der Waals surface area contributed by atoms with E-state index in [0.29, 0.717) is 0 Å². The SMILES string of the molecule is CCCC(C)C(CC)CC(C)C(C)CC. The zero-order valence-electron chi connectivity index (χ0n) is 11.8. The van der Waals surface area contributed by atoms with Crippen LogP contribution in [-0.4, -0.2) is 0 Å². The van der Waals surface area contributed by atoms with Crippen molar-refractivity contribution in [3.63, 3.8) is 0 Å². The number of hydrogen-bond acceptors (Lipinski definition) is 0. The van der Waals surface area contributed by atoms with Gasteiger partial charge >= 0.3 is 0 Å². The molecule has 0 spiro atoms. The molecular weight excluding hydrogens is 180 g/mol. The van der Waals surface area contributed by atoms with Gasteiger partial charge in [0, 0.05) is 0 Å². The number of rotatable bonds is 8. The van der Waals surface area contributed by atoms with Crippen molar-refractivity contribution < 1.29 is 0 Å². The average molecular weight is 212 g/mol. The van der Waals surface area contributed by atoms with Gasteiger partial charge in [0.2, 0.25) is 0 Å². The van der Waals surface area contributed by atoms with E-state index >= 15 is 0 Å². The summed E-state index contributed by atoms with van der Waals surface area (Å²) in [4.78, 5) is 0. The van der Waals surface area contributed by atoms with Crippen LogP contribution in [0.5, 0.6) is 0 Å². The van der Waals surface area contributed by atoms with Gasteiger partial charge in [-0.2, -0.15) is 0 Å². The molecule has 15 heavy (non-hydrogen) atoms. The summed E-state index contributed by atoms with van der Waals surface area (Å²) in [6.45, 7) is 14.3. The predicted molar refractivity (Wildman–Crippen MR) is 71.1 cm³/mol. The molecular formula is C15H32. The molecule has 0 aromatic heterocycles. The van der Waals surface area contributed by atoms with Crippen LogP contribution in [0, 0.1) is 23.7 Å². The maximum Gasteiger partial charge on any atom is -0.0388 e. The third kappa shape index (κ3) is 5.58. The van der Waals surface area contributed by atoms with E-state index in [1.165, 1.54) is 32.1 Å². The fraction of sp³-hybridized carbons (Fsp3) is 1.00. The zero-order valence-corrected chi connectivity index (χ0v) is 11.8. The van der Waals surface area contributed by atoms with Gasteiger partial charge in [0.25, 0.3) is 0 Å². The topological polar surface area (TPSA) is 0 Å². The molecule has 0 rings (SSSR count). The molecule has 0 bridgehead atoms. The van der Waals surface area contributed by atoms with E-state index in [1.54, 1.807) is 0 Å². The molecule has 0 saturated heterocycles. The predicted octanol–water partition coefficient (Wildman–Crippen LogP) is 5.52. The van der Waals surface area contributed by atoms with E-state index in [-0.39, 0.29) is 0 Å². The Morgan fingerprint density at radius 3 is 1.73 bits per heavy atom. The van der Waals surface area contributed by atoms with Crippen LogP contribution >= 0.6 is 0 Å². The zero-order chi connectivity index (χ0) is 11.8. The minimum atomic E-state index is 0.896. The lowest BCUT2D eigenvalue weighted by Crippen LogP contribution is -2.18. The summed E-state index contributed by atoms with van der Waals surface area (Å²) in [6.07, 6.45) is 6.88. The van der Waals surface area contributed by atoms with Crippen molar-refractivity contribution in [2.75, 3.05) is 0 Å². The molecule has 0 radical (unpaired) electrons. The largest absolute Gasteiger partial charge is 0.0654 e. The van der Waals surface area contributed by atoms with Crippen LogP contribution in [0.25, 0.3) is 0 Å². The summed E-state index contributed by atoms with van der Waals surface area (Å²) >= 11 is 0. The van der Waals surface area contributed by atoms with Crippen LogP contribution in [0.1, 0.15) is 73.6 Å². The van der Waals surface area contributed by atoms with Gasteiger partial charge in [0.05, 0.1) is 0 Å². The summed E-state index contributed by atoms with van der Waals surface area (Å²) in [5.74, 6) is 3.67. The van der Waals surface area contributed by atoms with Gasteiger partial charge in [-0.05, 0) is 30.1 Å². The molecule has 92 valence electrons. The summed E-state index contributed by atoms with van der Waals surface area (Å²) < 4.78 is 0. The summed E-state index contributed by atoms with van der Waals surface area (Å²) in [7, 11) is 0. The smallest absolute Gasteiger partial charge is 0.0388 e. The Morgan fingerprint density at radius 2 is 1.33 bits per heavy atom. The molecule has 0 nitrogen and oxygen atoms in total. The van der Waals surface area contributed by atoms with Crippen molar-refractivity contribution in [1.82, 2.24) is 0 Å². The van der Waals surface area contributed by atoms with Crippen LogP contribution in [0.15, 0.2) is 0 Å². The normalized spacial score (nSPS) is 19.6. The van der Waals surface area contributed by atoms with Crippen LogP contribution in [-0.2, 0) is 0 Å². The molecule has 4 atom stereocenters. The molecule has 0 amide bonds. The fourth-order valence-electron chi connectivity index (χ4n) is 2.60. The van der Waals surface area contributed by atoms with E-state index in [4.69, 9.17) is 0 Å². The standard InChI is InChI=1S/C15H32/c1-7-10-13(5)15(9-3)11-14(6)12(4)8-2/h12-15H,7-11H2,1-6H3. The third-order valence-electron chi connectivity index (χ3n) is 4.36. The van der Waals surface area contributed by atoms with Gasteiger partial charge in [-0.15, -0.1) is 0 Å². The van der Waals surface area contributed by atoms with Crippen LogP contribution in [0.2, 0.25) is 0 Å². The first-order valence-electron chi connectivity index (χ1n) is 7.06. The van der Waals surface area contributed by atoms with Gasteiger partial charge in [0.1, 0.15) is 0 Å². The van der Waals surface area contributed by atoms with Crippen molar-refractivity contribution in [2.24, 2.45) is 23.7 Å². The lowest BCUT2D eigenvalue weighted by molar-refractivity contribution is 0.229. The molecule has 0 aliphatic rings. The molecule has 0 N–H and O–H groups in total. The van der Waals surface area contributed by atoms with Crippen molar-refractivity contribution in [3.05, 3.63) is 0 Å². The van der Waals surface area contributed by atoms with Crippen LogP contribution in [0.3, 0.4) is 0 Å². The molecule has 0 heterocycles. The molecule has 0 fully saturated rings. The lowest BCUT2D eigenvalue weighted by Gasteiger charge is -2.28. The molecule has 0 aliphatic heterocycles. The molecule has 4 unspecified atom stereocenters. The van der Waals surface area contributed by atoms with Gasteiger partial charge in [-0.1, -0.05) is 67.2 Å². The summed E-state index contributed by atoms with van der Waals surface area (Å²) in [6, 6.07) is 0. The van der Waals surface area contributed by atoms with Crippen LogP contribution in [0.4, 0.5) is 0 Å². The lowest BCUT2D eigenvalue weighted by atomic mass is 9.78. The first kappa shape index (κ1) is 15.0. The van der Waals surface area contributed by atoms with E-state index in [1.807, 2.05) is 0 Å². The van der Waals surface area contributed by atoms with Crippen molar-refractivity contribution in [2.45, 2.75) is 73.6 Å². The Bertz CT molecular complexity index is 139. The Morgan fingerprint density at radius 1 is 0.733 bits per heavy atom. The minimum Gasteiger partial charge on any atom is -0.0654 e. The first-order valence-corrected chi connectivity index (χ1v) is 7.06. The summed E-state index contributed by atoms with van der Waals surface area (Å²) in [5, 5.41) is 0. The van der Waals surface area contributed by atoms with Crippen LogP contribution < -0.4 is 0 Å². The molecule has 0 aromatic rings. The second kappa shape index (κ2) is 8.19. The summed E-state index contributed by atoms with van der Waals surface area (Å²) in [5.41, 5.74) is 0. The average Bonchev–Trinajstić information content (AvgIpc) is 2.24. The van der Waals surface area contributed by atoms with E-state index in [0.717, 1.165) is 23.7 Å². The van der Waals surface area contributed by atoms with E-state index < -0.39 is 0 Å².